The van der Waals surface area contributed by atoms with E-state index in [4.69, 9.17) is 11.5 Å². The van der Waals surface area contributed by atoms with Crippen LogP contribution in [0.2, 0.25) is 0 Å². The molecule has 0 spiro atoms. The number of thiol groups is 1. The molecule has 0 bridgehead atoms. The summed E-state index contributed by atoms with van der Waals surface area (Å²) < 4.78 is 0. The van der Waals surface area contributed by atoms with E-state index in [0.29, 0.717) is 5.69 Å². The van der Waals surface area contributed by atoms with Gasteiger partial charge in [-0.2, -0.15) is 12.6 Å². The second-order valence-corrected chi connectivity index (χ2v) is 8.13. The van der Waals surface area contributed by atoms with Gasteiger partial charge >= 0.3 is 5.97 Å². The first kappa shape index (κ1) is 27.9. The van der Waals surface area contributed by atoms with Gasteiger partial charge in [0.25, 0.3) is 0 Å². The number of imidazole rings is 1. The Bertz CT molecular complexity index is 833. The van der Waals surface area contributed by atoms with Gasteiger partial charge in [-0.05, 0) is 12.3 Å². The molecule has 1 aromatic heterocycles. The van der Waals surface area contributed by atoms with Crippen LogP contribution in [-0.4, -0.2) is 74.6 Å². The minimum atomic E-state index is -1.39. The van der Waals surface area contributed by atoms with Crippen LogP contribution in [0.3, 0.4) is 0 Å². The Balaban J connectivity index is 3.03. The number of carbonyl (C=O) groups is 5. The maximum absolute atomic E-state index is 12.9. The quantitative estimate of drug-likeness (QED) is 0.133. The molecule has 0 aliphatic rings. The molecule has 0 fully saturated rings. The zero-order valence-electron chi connectivity index (χ0n) is 18.4. The topological polar surface area (TPSA) is 222 Å². The number of aromatic nitrogens is 2. The Morgan fingerprint density at radius 3 is 2.21 bits per heavy atom. The largest absolute Gasteiger partial charge is 0.480 e. The van der Waals surface area contributed by atoms with Gasteiger partial charge in [-0.15, -0.1) is 0 Å². The lowest BCUT2D eigenvalue weighted by Gasteiger charge is -2.26. The Kier molecular flexibility index (Phi) is 11.4. The lowest BCUT2D eigenvalue weighted by atomic mass is 10.0. The van der Waals surface area contributed by atoms with Gasteiger partial charge < -0.3 is 37.5 Å². The second kappa shape index (κ2) is 13.4. The third-order valence-corrected chi connectivity index (χ3v) is 5.08. The van der Waals surface area contributed by atoms with Crippen molar-refractivity contribution >= 4 is 42.2 Å². The molecule has 9 N–H and O–H groups in total. The van der Waals surface area contributed by atoms with Crippen molar-refractivity contribution in [3.05, 3.63) is 18.2 Å². The van der Waals surface area contributed by atoms with Gasteiger partial charge in [0, 0.05) is 30.5 Å². The van der Waals surface area contributed by atoms with Gasteiger partial charge in [0.15, 0.2) is 0 Å². The van der Waals surface area contributed by atoms with Crippen molar-refractivity contribution in [3.8, 4) is 0 Å². The maximum atomic E-state index is 12.9. The Morgan fingerprint density at radius 1 is 1.09 bits per heavy atom. The molecule has 1 heterocycles. The van der Waals surface area contributed by atoms with Crippen LogP contribution in [-0.2, 0) is 30.4 Å². The number of nitrogens with two attached hydrogens (primary N) is 2. The number of carbonyl (C=O) groups excluding carboxylic acids is 4. The summed E-state index contributed by atoms with van der Waals surface area (Å²) in [6, 6.07) is -4.52. The molecule has 4 unspecified atom stereocenters. The SMILES string of the molecule is CC(C)C(NC(=O)C(N)CS)C(=O)NC(Cc1cnc[nH]1)C(=O)NC(CCC(N)=O)C(=O)O. The van der Waals surface area contributed by atoms with Crippen molar-refractivity contribution in [3.63, 3.8) is 0 Å². The summed E-state index contributed by atoms with van der Waals surface area (Å²) in [7, 11) is 0. The normalized spacial score (nSPS) is 14.6. The van der Waals surface area contributed by atoms with Crippen molar-refractivity contribution in [1.82, 2.24) is 25.9 Å². The molecule has 33 heavy (non-hydrogen) atoms. The van der Waals surface area contributed by atoms with Gasteiger partial charge in [0.05, 0.1) is 12.4 Å². The smallest absolute Gasteiger partial charge is 0.326 e. The maximum Gasteiger partial charge on any atom is 0.326 e. The summed E-state index contributed by atoms with van der Waals surface area (Å²) in [5.41, 5.74) is 11.2. The van der Waals surface area contributed by atoms with E-state index in [0.717, 1.165) is 0 Å². The van der Waals surface area contributed by atoms with E-state index < -0.39 is 53.8 Å². The first-order valence-electron chi connectivity index (χ1n) is 10.2. The van der Waals surface area contributed by atoms with Crippen molar-refractivity contribution in [2.24, 2.45) is 17.4 Å². The van der Waals surface area contributed by atoms with E-state index >= 15 is 0 Å². The van der Waals surface area contributed by atoms with Crippen LogP contribution in [0.15, 0.2) is 12.5 Å². The van der Waals surface area contributed by atoms with Crippen LogP contribution >= 0.6 is 12.6 Å². The molecular weight excluding hydrogens is 454 g/mol. The summed E-state index contributed by atoms with van der Waals surface area (Å²) in [5, 5.41) is 16.8. The number of nitrogens with zero attached hydrogens (tertiary/aromatic N) is 1. The van der Waals surface area contributed by atoms with Gasteiger partial charge in [-0.25, -0.2) is 9.78 Å². The number of aromatic amines is 1. The molecular formula is C19H31N7O6S. The number of rotatable bonds is 14. The molecule has 0 aromatic carbocycles. The first-order chi connectivity index (χ1) is 15.5. The summed E-state index contributed by atoms with van der Waals surface area (Å²) >= 11 is 3.96. The zero-order chi connectivity index (χ0) is 25.1. The predicted octanol–water partition coefficient (Wildman–Crippen LogP) is -2.33. The molecule has 0 saturated carbocycles. The highest BCUT2D eigenvalue weighted by molar-refractivity contribution is 7.80. The number of amides is 4. The number of carboxylic acid groups (broad SMARTS) is 1. The number of aliphatic carboxylic acids is 1. The number of H-pyrrole nitrogens is 1. The first-order valence-corrected chi connectivity index (χ1v) is 10.8. The third kappa shape index (κ3) is 9.49. The van der Waals surface area contributed by atoms with Crippen molar-refractivity contribution in [2.45, 2.75) is 57.3 Å². The summed E-state index contributed by atoms with van der Waals surface area (Å²) in [6.45, 7) is 3.40. The van der Waals surface area contributed by atoms with Crippen LogP contribution in [0.25, 0.3) is 0 Å². The number of nitrogens with one attached hydrogen (secondary N) is 4. The van der Waals surface area contributed by atoms with E-state index in [1.54, 1.807) is 13.8 Å². The Morgan fingerprint density at radius 2 is 1.73 bits per heavy atom. The molecule has 4 atom stereocenters. The van der Waals surface area contributed by atoms with Gasteiger partial charge in [0.1, 0.15) is 18.1 Å². The standard InChI is InChI=1S/C19H31N7O6S/c1-9(2)15(26-16(28)11(20)7-33)18(30)25-13(5-10-6-22-8-23-10)17(29)24-12(19(31)32)3-4-14(21)27/h6,8-9,11-13,15,33H,3-5,7,20H2,1-2H3,(H2,21,27)(H,22,23)(H,24,29)(H,25,30)(H,26,28)(H,31,32). The molecule has 1 aromatic rings. The fourth-order valence-corrected chi connectivity index (χ4v) is 2.95. The van der Waals surface area contributed by atoms with Crippen molar-refractivity contribution in [1.29, 1.82) is 0 Å². The summed E-state index contributed by atoms with van der Waals surface area (Å²) in [5.74, 6) is -4.38. The molecule has 0 aliphatic heterocycles. The second-order valence-electron chi connectivity index (χ2n) is 7.77. The van der Waals surface area contributed by atoms with Gasteiger partial charge in [-0.3, -0.25) is 19.2 Å². The molecule has 184 valence electrons. The van der Waals surface area contributed by atoms with Gasteiger partial charge in [-0.1, -0.05) is 13.8 Å². The van der Waals surface area contributed by atoms with E-state index in [-0.39, 0.29) is 30.9 Å². The predicted molar refractivity (Wildman–Crippen MR) is 121 cm³/mol. The highest BCUT2D eigenvalue weighted by atomic mass is 32.1. The highest BCUT2D eigenvalue weighted by Gasteiger charge is 2.32. The minimum absolute atomic E-state index is 0.0331. The van der Waals surface area contributed by atoms with Gasteiger partial charge in [0.2, 0.25) is 23.6 Å². The minimum Gasteiger partial charge on any atom is -0.480 e. The number of hydrogen-bond donors (Lipinski definition) is 8. The van der Waals surface area contributed by atoms with Crippen LogP contribution in [0.5, 0.6) is 0 Å². The molecule has 4 amide bonds. The van der Waals surface area contributed by atoms with E-state index in [1.807, 2.05) is 0 Å². The molecule has 13 nitrogen and oxygen atoms in total. The van der Waals surface area contributed by atoms with Crippen LogP contribution < -0.4 is 27.4 Å². The van der Waals surface area contributed by atoms with Crippen molar-refractivity contribution in [2.75, 3.05) is 5.75 Å². The lowest BCUT2D eigenvalue weighted by Crippen LogP contribution is -2.59. The van der Waals surface area contributed by atoms with Crippen LogP contribution in [0, 0.1) is 5.92 Å². The third-order valence-electron chi connectivity index (χ3n) is 4.69. The average Bonchev–Trinajstić information content (AvgIpc) is 3.25. The summed E-state index contributed by atoms with van der Waals surface area (Å²) in [6.07, 6.45) is 2.33. The molecule has 0 radical (unpaired) electrons. The van der Waals surface area contributed by atoms with E-state index in [1.165, 1.54) is 12.5 Å². The average molecular weight is 486 g/mol. The monoisotopic (exact) mass is 485 g/mol. The fourth-order valence-electron chi connectivity index (χ4n) is 2.78. The fraction of sp³-hybridized carbons (Fsp3) is 0.579. The van der Waals surface area contributed by atoms with Crippen molar-refractivity contribution < 1.29 is 29.1 Å². The van der Waals surface area contributed by atoms with E-state index in [2.05, 4.69) is 38.5 Å². The van der Waals surface area contributed by atoms with Crippen LogP contribution in [0.1, 0.15) is 32.4 Å². The van der Waals surface area contributed by atoms with E-state index in [9.17, 15) is 29.1 Å². The molecule has 0 aliphatic carbocycles. The summed E-state index contributed by atoms with van der Waals surface area (Å²) in [4.78, 5) is 67.1. The molecule has 14 heteroatoms. The Hall–Kier alpha value is -3.13. The number of hydrogen-bond acceptors (Lipinski definition) is 8. The highest BCUT2D eigenvalue weighted by Crippen LogP contribution is 2.07. The molecule has 0 saturated heterocycles. The lowest BCUT2D eigenvalue weighted by molar-refractivity contribution is -0.142. The number of primary amides is 1. The number of carboxylic acids is 1. The van der Waals surface area contributed by atoms with Crippen LogP contribution in [0.4, 0.5) is 0 Å². The molecule has 1 rings (SSSR count). The Labute approximate surface area is 196 Å². The zero-order valence-corrected chi connectivity index (χ0v) is 19.3.